The molecule has 0 aliphatic heterocycles. The van der Waals surface area contributed by atoms with Gasteiger partial charge in [-0.3, -0.25) is 4.79 Å². The molecule has 1 amide bonds. The van der Waals surface area contributed by atoms with Crippen molar-refractivity contribution in [3.8, 4) is 0 Å². The summed E-state index contributed by atoms with van der Waals surface area (Å²) in [6, 6.07) is 5.33. The van der Waals surface area contributed by atoms with Gasteiger partial charge in [0.1, 0.15) is 0 Å². The average molecular weight is 287 g/mol. The largest absolute Gasteiger partial charge is 0.398 e. The first-order valence-corrected chi connectivity index (χ1v) is 7.29. The topological polar surface area (TPSA) is 55.1 Å². The molecule has 0 fully saturated rings. The van der Waals surface area contributed by atoms with Crippen molar-refractivity contribution in [2.24, 2.45) is 0 Å². The normalized spacial score (nSPS) is 12.2. The Hall–Kier alpha value is -0.870. The van der Waals surface area contributed by atoms with Crippen molar-refractivity contribution in [3.63, 3.8) is 0 Å². The second-order valence-corrected chi connectivity index (χ2v) is 5.91. The fraction of sp³-hybridized carbons (Fsp3) is 0.462. The monoisotopic (exact) mass is 286 g/mol. The van der Waals surface area contributed by atoms with Gasteiger partial charge < -0.3 is 11.1 Å². The van der Waals surface area contributed by atoms with Crippen LogP contribution in [-0.2, 0) is 4.79 Å². The Kier molecular flexibility index (Phi) is 6.36. The lowest BCUT2D eigenvalue weighted by atomic mass is 10.3. The number of amides is 1. The molecule has 3 N–H and O–H groups in total. The maximum atomic E-state index is 11.8. The highest BCUT2D eigenvalue weighted by atomic mass is 35.5. The summed E-state index contributed by atoms with van der Waals surface area (Å²) in [5, 5.41) is 3.35. The van der Waals surface area contributed by atoms with Crippen LogP contribution in [-0.4, -0.2) is 17.7 Å². The summed E-state index contributed by atoms with van der Waals surface area (Å²) >= 11 is 7.28. The van der Waals surface area contributed by atoms with E-state index in [0.29, 0.717) is 10.7 Å². The van der Waals surface area contributed by atoms with E-state index in [9.17, 15) is 4.79 Å². The first-order valence-electron chi connectivity index (χ1n) is 6.04. The van der Waals surface area contributed by atoms with Crippen LogP contribution < -0.4 is 11.1 Å². The lowest BCUT2D eigenvalue weighted by Crippen LogP contribution is -2.31. The molecule has 1 aromatic carbocycles. The quantitative estimate of drug-likeness (QED) is 0.479. The van der Waals surface area contributed by atoms with Crippen LogP contribution in [0.25, 0.3) is 0 Å². The fourth-order valence-corrected chi connectivity index (χ4v) is 2.50. The Morgan fingerprint density at radius 1 is 1.56 bits per heavy atom. The van der Waals surface area contributed by atoms with Crippen molar-refractivity contribution < 1.29 is 4.79 Å². The molecule has 18 heavy (non-hydrogen) atoms. The third-order valence-corrected chi connectivity index (χ3v) is 3.90. The van der Waals surface area contributed by atoms with Gasteiger partial charge >= 0.3 is 0 Å². The maximum absolute atomic E-state index is 11.8. The first-order chi connectivity index (χ1) is 8.54. The number of nitrogens with two attached hydrogens (primary N) is 1. The Labute approximate surface area is 117 Å². The van der Waals surface area contributed by atoms with Crippen LogP contribution in [0.15, 0.2) is 23.1 Å². The van der Waals surface area contributed by atoms with E-state index in [1.165, 1.54) is 11.8 Å². The lowest BCUT2D eigenvalue weighted by Gasteiger charge is -2.13. The molecule has 1 aromatic rings. The van der Waals surface area contributed by atoms with E-state index in [1.807, 2.05) is 13.0 Å². The average Bonchev–Trinajstić information content (AvgIpc) is 2.32. The summed E-state index contributed by atoms with van der Waals surface area (Å²) in [6.45, 7) is 4.70. The van der Waals surface area contributed by atoms with Crippen molar-refractivity contribution >= 4 is 35.0 Å². The molecule has 1 atom stereocenters. The zero-order chi connectivity index (χ0) is 13.5. The summed E-state index contributed by atoms with van der Waals surface area (Å²) < 4.78 is 0. The molecule has 0 aliphatic rings. The maximum Gasteiger partial charge on any atom is 0.233 e. The number of hydrogen-bond donors (Lipinski definition) is 2. The summed E-state index contributed by atoms with van der Waals surface area (Å²) in [4.78, 5) is 12.7. The molecular weight excluding hydrogens is 268 g/mol. The third-order valence-electron chi connectivity index (χ3n) is 2.47. The standard InChI is InChI=1S/C13H19ClN2OS/c1-3-4-7-16-13(17)9(2)18-12-6-5-10(14)8-11(12)15/h5-6,8-9H,3-4,7,15H2,1-2H3,(H,16,17). The molecular formula is C13H19ClN2OS. The zero-order valence-corrected chi connectivity index (χ0v) is 12.3. The highest BCUT2D eigenvalue weighted by molar-refractivity contribution is 8.00. The molecule has 0 aliphatic carbocycles. The van der Waals surface area contributed by atoms with E-state index >= 15 is 0 Å². The van der Waals surface area contributed by atoms with Gasteiger partial charge in [0.2, 0.25) is 5.91 Å². The second-order valence-electron chi connectivity index (χ2n) is 4.09. The number of halogens is 1. The predicted molar refractivity (Wildman–Crippen MR) is 79.1 cm³/mol. The van der Waals surface area contributed by atoms with Crippen LogP contribution in [0.3, 0.4) is 0 Å². The molecule has 3 nitrogen and oxygen atoms in total. The van der Waals surface area contributed by atoms with Crippen molar-refractivity contribution in [3.05, 3.63) is 23.2 Å². The van der Waals surface area contributed by atoms with Crippen LogP contribution in [0.4, 0.5) is 5.69 Å². The number of carbonyl (C=O) groups excluding carboxylic acids is 1. The number of anilines is 1. The lowest BCUT2D eigenvalue weighted by molar-refractivity contribution is -0.120. The van der Waals surface area contributed by atoms with Gasteiger partial charge in [-0.25, -0.2) is 0 Å². The van der Waals surface area contributed by atoms with Crippen molar-refractivity contribution in [2.45, 2.75) is 36.8 Å². The van der Waals surface area contributed by atoms with Gasteiger partial charge in [-0.05, 0) is 31.5 Å². The minimum absolute atomic E-state index is 0.0443. The van der Waals surface area contributed by atoms with E-state index in [2.05, 4.69) is 12.2 Å². The van der Waals surface area contributed by atoms with Crippen LogP contribution >= 0.6 is 23.4 Å². The number of thioether (sulfide) groups is 1. The molecule has 100 valence electrons. The van der Waals surface area contributed by atoms with E-state index in [1.54, 1.807) is 12.1 Å². The van der Waals surface area contributed by atoms with E-state index < -0.39 is 0 Å². The van der Waals surface area contributed by atoms with Crippen molar-refractivity contribution in [1.82, 2.24) is 5.32 Å². The molecule has 0 saturated carbocycles. The highest BCUT2D eigenvalue weighted by Gasteiger charge is 2.15. The van der Waals surface area contributed by atoms with Gasteiger partial charge in [0.25, 0.3) is 0 Å². The molecule has 0 radical (unpaired) electrons. The molecule has 0 aromatic heterocycles. The SMILES string of the molecule is CCCCNC(=O)C(C)Sc1ccc(Cl)cc1N. The number of hydrogen-bond acceptors (Lipinski definition) is 3. The van der Waals surface area contributed by atoms with Crippen molar-refractivity contribution in [2.75, 3.05) is 12.3 Å². The van der Waals surface area contributed by atoms with Crippen LogP contribution in [0.1, 0.15) is 26.7 Å². The molecule has 0 heterocycles. The van der Waals surface area contributed by atoms with Gasteiger partial charge in [0, 0.05) is 22.2 Å². The zero-order valence-electron chi connectivity index (χ0n) is 10.7. The predicted octanol–water partition coefficient (Wildman–Crippen LogP) is 3.32. The van der Waals surface area contributed by atoms with Crippen LogP contribution in [0, 0.1) is 0 Å². The fourth-order valence-electron chi connectivity index (χ4n) is 1.40. The molecule has 0 bridgehead atoms. The van der Waals surface area contributed by atoms with Gasteiger partial charge in [0.05, 0.1) is 5.25 Å². The van der Waals surface area contributed by atoms with Gasteiger partial charge in [-0.15, -0.1) is 11.8 Å². The van der Waals surface area contributed by atoms with E-state index in [4.69, 9.17) is 17.3 Å². The number of carbonyl (C=O) groups is 1. The smallest absolute Gasteiger partial charge is 0.233 e. The number of unbranched alkanes of at least 4 members (excludes halogenated alkanes) is 1. The van der Waals surface area contributed by atoms with Gasteiger partial charge in [-0.1, -0.05) is 24.9 Å². The van der Waals surface area contributed by atoms with E-state index in [-0.39, 0.29) is 11.2 Å². The molecule has 0 spiro atoms. The summed E-state index contributed by atoms with van der Waals surface area (Å²) in [7, 11) is 0. The highest BCUT2D eigenvalue weighted by Crippen LogP contribution is 2.30. The molecule has 1 rings (SSSR count). The number of benzene rings is 1. The first kappa shape index (κ1) is 15.2. The summed E-state index contributed by atoms with van der Waals surface area (Å²) in [6.07, 6.45) is 2.08. The second kappa shape index (κ2) is 7.54. The summed E-state index contributed by atoms with van der Waals surface area (Å²) in [5.74, 6) is 0.0443. The number of nitrogen functional groups attached to an aromatic ring is 1. The van der Waals surface area contributed by atoms with Crippen LogP contribution in [0.2, 0.25) is 5.02 Å². The van der Waals surface area contributed by atoms with Crippen molar-refractivity contribution in [1.29, 1.82) is 0 Å². The Morgan fingerprint density at radius 3 is 2.89 bits per heavy atom. The molecule has 5 heteroatoms. The van der Waals surface area contributed by atoms with Crippen LogP contribution in [0.5, 0.6) is 0 Å². The number of rotatable bonds is 6. The summed E-state index contributed by atoms with van der Waals surface area (Å²) in [5.41, 5.74) is 6.47. The minimum Gasteiger partial charge on any atom is -0.398 e. The third kappa shape index (κ3) is 4.78. The molecule has 0 saturated heterocycles. The van der Waals surface area contributed by atoms with Gasteiger partial charge in [-0.2, -0.15) is 0 Å². The Balaban J connectivity index is 2.53. The molecule has 1 unspecified atom stereocenters. The minimum atomic E-state index is -0.162. The number of nitrogens with one attached hydrogen (secondary N) is 1. The van der Waals surface area contributed by atoms with E-state index in [0.717, 1.165) is 24.3 Å². The Morgan fingerprint density at radius 2 is 2.28 bits per heavy atom. The Bertz CT molecular complexity index is 412. The van der Waals surface area contributed by atoms with Gasteiger partial charge in [0.15, 0.2) is 0 Å².